The van der Waals surface area contributed by atoms with Crippen LogP contribution in [0.5, 0.6) is 0 Å². The normalized spacial score (nSPS) is 12.4. The SMILES string of the molecule is C[C@@H](OC(=O)N/C(=C(/N)c1ccc(NC(=O)c2cnc(C(F)F)nc2)cn1)N(C)N)c1cc(F)cnc1F. The number of nitrogens with two attached hydrogens (primary N) is 2. The van der Waals surface area contributed by atoms with Gasteiger partial charge in [-0.15, -0.1) is 0 Å². The van der Waals surface area contributed by atoms with Crippen LogP contribution >= 0.6 is 0 Å². The van der Waals surface area contributed by atoms with Gasteiger partial charge < -0.3 is 15.8 Å². The number of carbonyl (C=O) groups excluding carboxylic acids is 2. The van der Waals surface area contributed by atoms with Gasteiger partial charge in [-0.05, 0) is 25.1 Å². The number of nitrogens with zero attached hydrogens (tertiary/aromatic N) is 5. The smallest absolute Gasteiger partial charge is 0.413 e. The molecule has 0 aliphatic carbocycles. The number of carbonyl (C=O) groups is 2. The highest BCUT2D eigenvalue weighted by Crippen LogP contribution is 2.21. The van der Waals surface area contributed by atoms with E-state index < -0.39 is 42.1 Å². The highest BCUT2D eigenvalue weighted by Gasteiger charge is 2.20. The molecule has 2 amide bonds. The van der Waals surface area contributed by atoms with Crippen LogP contribution in [0.15, 0.2) is 48.8 Å². The molecule has 0 aliphatic rings. The summed E-state index contributed by atoms with van der Waals surface area (Å²) in [7, 11) is 1.36. The second kappa shape index (κ2) is 11.9. The summed E-state index contributed by atoms with van der Waals surface area (Å²) in [6.45, 7) is 1.31. The molecular weight excluding hydrogens is 514 g/mol. The van der Waals surface area contributed by atoms with Crippen LogP contribution in [0.1, 0.15) is 46.9 Å². The standard InChI is InChI=1S/C22H21F4N9O3/c1-10(14-5-12(23)8-30-18(14)26)38-22(37)34-20(35(2)28)16(27)15-4-3-13(9-29-15)33-21(36)11-6-31-19(17(24)25)32-7-11/h3-10,17H,27-28H2,1-2H3,(H,33,36)(H,34,37)/b20-16-/t10-/m1/s1. The summed E-state index contributed by atoms with van der Waals surface area (Å²) < 4.78 is 57.4. The molecule has 3 rings (SSSR count). The van der Waals surface area contributed by atoms with Gasteiger partial charge in [-0.2, -0.15) is 4.39 Å². The third-order valence-electron chi connectivity index (χ3n) is 4.81. The molecule has 200 valence electrons. The van der Waals surface area contributed by atoms with Gasteiger partial charge in [0.1, 0.15) is 17.6 Å². The zero-order chi connectivity index (χ0) is 28.0. The number of halogens is 4. The fourth-order valence-electron chi connectivity index (χ4n) is 2.94. The molecule has 16 heteroatoms. The lowest BCUT2D eigenvalue weighted by Gasteiger charge is -2.21. The second-order valence-electron chi connectivity index (χ2n) is 7.60. The number of amides is 2. The molecule has 3 aromatic heterocycles. The minimum atomic E-state index is -2.87. The van der Waals surface area contributed by atoms with E-state index in [1.165, 1.54) is 32.3 Å². The van der Waals surface area contributed by atoms with Crippen LogP contribution in [-0.4, -0.2) is 44.0 Å². The van der Waals surface area contributed by atoms with Gasteiger partial charge in [-0.3, -0.25) is 20.1 Å². The molecule has 0 spiro atoms. The Balaban J connectivity index is 1.70. The highest BCUT2D eigenvalue weighted by molar-refractivity contribution is 6.03. The van der Waals surface area contributed by atoms with Gasteiger partial charge in [-0.25, -0.2) is 38.8 Å². The predicted octanol–water partition coefficient (Wildman–Crippen LogP) is 2.61. The Labute approximate surface area is 212 Å². The summed E-state index contributed by atoms with van der Waals surface area (Å²) >= 11 is 0. The van der Waals surface area contributed by atoms with E-state index >= 15 is 0 Å². The Morgan fingerprint density at radius 2 is 1.74 bits per heavy atom. The van der Waals surface area contributed by atoms with Crippen molar-refractivity contribution in [3.8, 4) is 0 Å². The van der Waals surface area contributed by atoms with Gasteiger partial charge in [0, 0.05) is 19.4 Å². The van der Waals surface area contributed by atoms with E-state index in [2.05, 4.69) is 30.6 Å². The zero-order valence-electron chi connectivity index (χ0n) is 19.8. The third-order valence-corrected chi connectivity index (χ3v) is 4.81. The first kappa shape index (κ1) is 27.7. The molecule has 1 atom stereocenters. The fraction of sp³-hybridized carbons (Fsp3) is 0.182. The summed E-state index contributed by atoms with van der Waals surface area (Å²) in [5.41, 5.74) is 6.00. The molecule has 0 bridgehead atoms. The van der Waals surface area contributed by atoms with Crippen LogP contribution in [0.2, 0.25) is 0 Å². The molecule has 0 radical (unpaired) electrons. The first-order chi connectivity index (χ1) is 18.0. The minimum absolute atomic E-state index is 0.0595. The highest BCUT2D eigenvalue weighted by atomic mass is 19.3. The summed E-state index contributed by atoms with van der Waals surface area (Å²) in [5.74, 6) is 2.42. The summed E-state index contributed by atoms with van der Waals surface area (Å²) in [4.78, 5) is 38.9. The molecular formula is C22H21F4N9O3. The number of aromatic nitrogens is 4. The molecule has 6 N–H and O–H groups in total. The number of ether oxygens (including phenoxy) is 1. The maximum absolute atomic E-state index is 13.8. The van der Waals surface area contributed by atoms with E-state index in [1.54, 1.807) is 0 Å². The Hall–Kier alpha value is -4.86. The van der Waals surface area contributed by atoms with Gasteiger partial charge in [0.25, 0.3) is 12.3 Å². The Morgan fingerprint density at radius 1 is 1.05 bits per heavy atom. The molecule has 0 aliphatic heterocycles. The summed E-state index contributed by atoms with van der Waals surface area (Å²) in [6, 6.07) is 3.67. The lowest BCUT2D eigenvalue weighted by Crippen LogP contribution is -2.39. The number of nitrogens with one attached hydrogen (secondary N) is 2. The Bertz CT molecular complexity index is 1340. The van der Waals surface area contributed by atoms with Crippen LogP contribution in [0.4, 0.5) is 28.0 Å². The number of rotatable bonds is 8. The Kier molecular flexibility index (Phi) is 8.69. The zero-order valence-corrected chi connectivity index (χ0v) is 19.8. The molecule has 0 unspecified atom stereocenters. The molecule has 3 aromatic rings. The van der Waals surface area contributed by atoms with Gasteiger partial charge in [-0.1, -0.05) is 0 Å². The van der Waals surface area contributed by atoms with Crippen molar-refractivity contribution in [2.24, 2.45) is 11.6 Å². The van der Waals surface area contributed by atoms with Crippen LogP contribution < -0.4 is 22.2 Å². The first-order valence-electron chi connectivity index (χ1n) is 10.6. The summed E-state index contributed by atoms with van der Waals surface area (Å²) in [5, 5.41) is 5.77. The van der Waals surface area contributed by atoms with E-state index in [4.69, 9.17) is 16.3 Å². The van der Waals surface area contributed by atoms with Crippen molar-refractivity contribution in [2.75, 3.05) is 12.4 Å². The maximum atomic E-state index is 13.8. The molecule has 3 heterocycles. The van der Waals surface area contributed by atoms with E-state index in [9.17, 15) is 27.2 Å². The van der Waals surface area contributed by atoms with Crippen LogP contribution in [0.3, 0.4) is 0 Å². The second-order valence-corrected chi connectivity index (χ2v) is 7.60. The van der Waals surface area contributed by atoms with Crippen molar-refractivity contribution < 1.29 is 31.9 Å². The van der Waals surface area contributed by atoms with E-state index in [0.29, 0.717) is 6.20 Å². The van der Waals surface area contributed by atoms with Crippen molar-refractivity contribution >= 4 is 23.4 Å². The number of pyridine rings is 2. The van der Waals surface area contributed by atoms with E-state index in [0.717, 1.165) is 23.5 Å². The Morgan fingerprint density at radius 3 is 2.32 bits per heavy atom. The number of hydrogen-bond acceptors (Lipinski definition) is 10. The van der Waals surface area contributed by atoms with Crippen molar-refractivity contribution in [2.45, 2.75) is 19.5 Å². The monoisotopic (exact) mass is 535 g/mol. The molecule has 0 saturated heterocycles. The summed E-state index contributed by atoms with van der Waals surface area (Å²) in [6.07, 6.45) is -1.32. The molecule has 0 saturated carbocycles. The largest absolute Gasteiger partial charge is 0.441 e. The molecule has 12 nitrogen and oxygen atoms in total. The third kappa shape index (κ3) is 6.88. The fourth-order valence-corrected chi connectivity index (χ4v) is 2.94. The maximum Gasteiger partial charge on any atom is 0.413 e. The minimum Gasteiger partial charge on any atom is -0.441 e. The van der Waals surface area contributed by atoms with Gasteiger partial charge in [0.15, 0.2) is 11.6 Å². The van der Waals surface area contributed by atoms with Crippen molar-refractivity contribution in [3.63, 3.8) is 0 Å². The number of hydrogen-bond donors (Lipinski definition) is 4. The molecule has 0 aromatic carbocycles. The van der Waals surface area contributed by atoms with Gasteiger partial charge in [0.05, 0.1) is 34.9 Å². The number of hydrazine groups is 1. The number of anilines is 1. The lowest BCUT2D eigenvalue weighted by molar-refractivity contribution is 0.102. The quantitative estimate of drug-likeness (QED) is 0.145. The number of alkyl halides is 2. The van der Waals surface area contributed by atoms with Crippen LogP contribution in [0, 0.1) is 11.8 Å². The lowest BCUT2D eigenvalue weighted by atomic mass is 10.2. The van der Waals surface area contributed by atoms with E-state index in [-0.39, 0.29) is 34.0 Å². The predicted molar refractivity (Wildman–Crippen MR) is 124 cm³/mol. The van der Waals surface area contributed by atoms with Crippen LogP contribution in [-0.2, 0) is 4.74 Å². The van der Waals surface area contributed by atoms with E-state index in [1.807, 2.05) is 0 Å². The molecule has 0 fully saturated rings. The van der Waals surface area contributed by atoms with Crippen molar-refractivity contribution in [3.05, 3.63) is 83.2 Å². The average molecular weight is 535 g/mol. The number of alkyl carbamates (subject to hydrolysis) is 1. The van der Waals surface area contributed by atoms with Crippen molar-refractivity contribution in [1.29, 1.82) is 0 Å². The molecule has 38 heavy (non-hydrogen) atoms. The van der Waals surface area contributed by atoms with Crippen molar-refractivity contribution in [1.82, 2.24) is 30.3 Å². The van der Waals surface area contributed by atoms with Gasteiger partial charge >= 0.3 is 6.09 Å². The first-order valence-corrected chi connectivity index (χ1v) is 10.6. The van der Waals surface area contributed by atoms with Crippen LogP contribution in [0.25, 0.3) is 5.70 Å². The van der Waals surface area contributed by atoms with Gasteiger partial charge in [0.2, 0.25) is 5.95 Å². The average Bonchev–Trinajstić information content (AvgIpc) is 2.88. The topological polar surface area (TPSA) is 174 Å².